The predicted molar refractivity (Wildman–Crippen MR) is 76.6 cm³/mol. The summed E-state index contributed by atoms with van der Waals surface area (Å²) in [6, 6.07) is 8.95. The van der Waals surface area contributed by atoms with Crippen molar-refractivity contribution in [2.24, 2.45) is 0 Å². The van der Waals surface area contributed by atoms with E-state index in [4.69, 9.17) is 23.2 Å². The summed E-state index contributed by atoms with van der Waals surface area (Å²) < 4.78 is 13.7. The predicted octanol–water partition coefficient (Wildman–Crippen LogP) is 5.01. The normalized spacial score (nSPS) is 12.2. The monoisotopic (exact) mass is 299 g/mol. The topological polar surface area (TPSA) is 32.3 Å². The molecule has 0 aliphatic rings. The molecule has 0 amide bonds. The Morgan fingerprint density at radius 2 is 1.95 bits per heavy atom. The number of nitrogens with one attached hydrogen (secondary N) is 1. The van der Waals surface area contributed by atoms with Crippen LogP contribution in [0.4, 0.5) is 10.1 Å². The Hall–Kier alpha value is -1.45. The summed E-state index contributed by atoms with van der Waals surface area (Å²) in [6.07, 6.45) is 0. The molecule has 2 aromatic carbocycles. The lowest BCUT2D eigenvalue weighted by Crippen LogP contribution is -2.08. The second-order valence-corrected chi connectivity index (χ2v) is 4.96. The zero-order chi connectivity index (χ0) is 14.0. The molecular weight excluding hydrogens is 288 g/mol. The van der Waals surface area contributed by atoms with Crippen molar-refractivity contribution in [1.29, 1.82) is 0 Å². The number of aromatic hydroxyl groups is 1. The summed E-state index contributed by atoms with van der Waals surface area (Å²) in [7, 11) is 0. The number of hydrogen-bond acceptors (Lipinski definition) is 2. The van der Waals surface area contributed by atoms with Crippen LogP contribution in [0.3, 0.4) is 0 Å². The van der Waals surface area contributed by atoms with Crippen molar-refractivity contribution >= 4 is 28.9 Å². The Morgan fingerprint density at radius 1 is 1.21 bits per heavy atom. The summed E-state index contributed by atoms with van der Waals surface area (Å²) in [6.45, 7) is 1.80. The molecule has 0 saturated heterocycles. The first-order chi connectivity index (χ1) is 8.99. The molecule has 100 valence electrons. The van der Waals surface area contributed by atoms with Gasteiger partial charge in [0.15, 0.2) is 0 Å². The van der Waals surface area contributed by atoms with E-state index in [2.05, 4.69) is 5.32 Å². The molecule has 2 aromatic rings. The first-order valence-electron chi connectivity index (χ1n) is 5.68. The molecule has 19 heavy (non-hydrogen) atoms. The van der Waals surface area contributed by atoms with Gasteiger partial charge in [-0.15, -0.1) is 0 Å². The number of phenols is 1. The third kappa shape index (κ3) is 3.11. The molecule has 0 fully saturated rings. The van der Waals surface area contributed by atoms with E-state index in [9.17, 15) is 9.50 Å². The molecule has 2 nitrogen and oxygen atoms in total. The van der Waals surface area contributed by atoms with Crippen LogP contribution in [-0.4, -0.2) is 5.11 Å². The largest absolute Gasteiger partial charge is 0.508 e. The van der Waals surface area contributed by atoms with Crippen LogP contribution in [0.25, 0.3) is 0 Å². The standard InChI is InChI=1S/C14H12Cl2FNO/c1-8(10-6-5-9(19)7-12(10)17)18-13-4-2-3-11(15)14(13)16/h2-8,18-19H,1H3. The Morgan fingerprint density at radius 3 is 2.63 bits per heavy atom. The Kier molecular flexibility index (Phi) is 4.17. The average Bonchev–Trinajstić information content (AvgIpc) is 2.34. The third-order valence-corrected chi connectivity index (χ3v) is 3.59. The van der Waals surface area contributed by atoms with E-state index in [1.165, 1.54) is 12.1 Å². The quantitative estimate of drug-likeness (QED) is 0.835. The van der Waals surface area contributed by atoms with Crippen molar-refractivity contribution in [3.05, 3.63) is 57.8 Å². The van der Waals surface area contributed by atoms with E-state index in [0.717, 1.165) is 6.07 Å². The molecule has 0 radical (unpaired) electrons. The lowest BCUT2D eigenvalue weighted by atomic mass is 10.1. The molecule has 2 rings (SSSR count). The van der Waals surface area contributed by atoms with Crippen molar-refractivity contribution in [3.8, 4) is 5.75 Å². The van der Waals surface area contributed by atoms with E-state index in [1.807, 2.05) is 0 Å². The lowest BCUT2D eigenvalue weighted by molar-refractivity contribution is 0.467. The van der Waals surface area contributed by atoms with Gasteiger partial charge in [-0.2, -0.15) is 0 Å². The second kappa shape index (κ2) is 5.68. The fraction of sp³-hybridized carbons (Fsp3) is 0.143. The molecule has 0 spiro atoms. The van der Waals surface area contributed by atoms with Gasteiger partial charge in [0.1, 0.15) is 11.6 Å². The maximum atomic E-state index is 13.7. The van der Waals surface area contributed by atoms with Crippen molar-refractivity contribution < 1.29 is 9.50 Å². The van der Waals surface area contributed by atoms with Crippen LogP contribution in [0.2, 0.25) is 10.0 Å². The first-order valence-corrected chi connectivity index (χ1v) is 6.43. The van der Waals surface area contributed by atoms with E-state index in [-0.39, 0.29) is 11.8 Å². The summed E-state index contributed by atoms with van der Waals surface area (Å²) in [4.78, 5) is 0. The van der Waals surface area contributed by atoms with Crippen LogP contribution in [0, 0.1) is 5.82 Å². The molecule has 0 bridgehead atoms. The van der Waals surface area contributed by atoms with Crippen LogP contribution < -0.4 is 5.32 Å². The molecule has 0 heterocycles. The van der Waals surface area contributed by atoms with Gasteiger partial charge in [-0.05, 0) is 25.1 Å². The number of phenolic OH excluding ortho intramolecular Hbond substituents is 1. The van der Waals surface area contributed by atoms with E-state index < -0.39 is 5.82 Å². The molecule has 0 aliphatic carbocycles. The van der Waals surface area contributed by atoms with Crippen molar-refractivity contribution in [2.75, 3.05) is 5.32 Å². The van der Waals surface area contributed by atoms with Gasteiger partial charge < -0.3 is 10.4 Å². The molecule has 0 saturated carbocycles. The zero-order valence-electron chi connectivity index (χ0n) is 10.1. The van der Waals surface area contributed by atoms with Crippen LogP contribution >= 0.6 is 23.2 Å². The zero-order valence-corrected chi connectivity index (χ0v) is 11.6. The lowest BCUT2D eigenvalue weighted by Gasteiger charge is -2.18. The summed E-state index contributed by atoms with van der Waals surface area (Å²) in [5.74, 6) is -0.576. The summed E-state index contributed by atoms with van der Waals surface area (Å²) in [5.41, 5.74) is 1.07. The maximum absolute atomic E-state index is 13.7. The first kappa shape index (κ1) is 14.0. The fourth-order valence-corrected chi connectivity index (χ4v) is 2.15. The van der Waals surface area contributed by atoms with Crippen LogP contribution in [0.15, 0.2) is 36.4 Å². The van der Waals surface area contributed by atoms with Crippen molar-refractivity contribution in [2.45, 2.75) is 13.0 Å². The van der Waals surface area contributed by atoms with E-state index in [1.54, 1.807) is 25.1 Å². The van der Waals surface area contributed by atoms with Gasteiger partial charge in [0, 0.05) is 11.6 Å². The average molecular weight is 300 g/mol. The number of rotatable bonds is 3. The van der Waals surface area contributed by atoms with Gasteiger partial charge >= 0.3 is 0 Å². The third-order valence-electron chi connectivity index (χ3n) is 2.77. The molecule has 5 heteroatoms. The number of anilines is 1. The number of benzene rings is 2. The van der Waals surface area contributed by atoms with Gasteiger partial charge in [-0.3, -0.25) is 0 Å². The summed E-state index contributed by atoms with van der Waals surface area (Å²) >= 11 is 12.0. The number of hydrogen-bond donors (Lipinski definition) is 2. The molecule has 1 unspecified atom stereocenters. The minimum atomic E-state index is -0.474. The molecule has 2 N–H and O–H groups in total. The van der Waals surface area contributed by atoms with Gasteiger partial charge in [0.25, 0.3) is 0 Å². The minimum absolute atomic E-state index is 0.103. The fourth-order valence-electron chi connectivity index (χ4n) is 1.79. The highest BCUT2D eigenvalue weighted by Crippen LogP contribution is 2.32. The molecule has 0 aliphatic heterocycles. The highest BCUT2D eigenvalue weighted by molar-refractivity contribution is 6.43. The van der Waals surface area contributed by atoms with Gasteiger partial charge in [0.05, 0.1) is 21.8 Å². The van der Waals surface area contributed by atoms with Gasteiger partial charge in [-0.25, -0.2) is 4.39 Å². The molecular formula is C14H12Cl2FNO. The summed E-state index contributed by atoms with van der Waals surface area (Å²) in [5, 5.41) is 13.1. The van der Waals surface area contributed by atoms with Crippen molar-refractivity contribution in [3.63, 3.8) is 0 Å². The van der Waals surface area contributed by atoms with Gasteiger partial charge in [-0.1, -0.05) is 35.3 Å². The van der Waals surface area contributed by atoms with Crippen LogP contribution in [-0.2, 0) is 0 Å². The van der Waals surface area contributed by atoms with E-state index in [0.29, 0.717) is 21.3 Å². The van der Waals surface area contributed by atoms with Crippen molar-refractivity contribution in [1.82, 2.24) is 0 Å². The number of halogens is 3. The molecule has 1 atom stereocenters. The van der Waals surface area contributed by atoms with Crippen LogP contribution in [0.1, 0.15) is 18.5 Å². The van der Waals surface area contributed by atoms with E-state index >= 15 is 0 Å². The highest BCUT2D eigenvalue weighted by atomic mass is 35.5. The Labute approximate surface area is 120 Å². The smallest absolute Gasteiger partial charge is 0.132 e. The van der Waals surface area contributed by atoms with Gasteiger partial charge in [0.2, 0.25) is 0 Å². The second-order valence-electron chi connectivity index (χ2n) is 4.17. The maximum Gasteiger partial charge on any atom is 0.132 e. The Bertz CT molecular complexity index is 604. The minimum Gasteiger partial charge on any atom is -0.508 e. The van der Waals surface area contributed by atoms with Crippen LogP contribution in [0.5, 0.6) is 5.75 Å². The SMILES string of the molecule is CC(Nc1cccc(Cl)c1Cl)c1ccc(O)cc1F. The molecule has 0 aromatic heterocycles. The highest BCUT2D eigenvalue weighted by Gasteiger charge is 2.13. The Balaban J connectivity index is 2.25.